The predicted molar refractivity (Wildman–Crippen MR) is 73.3 cm³/mol. The van der Waals surface area contributed by atoms with E-state index >= 15 is 0 Å². The van der Waals surface area contributed by atoms with Crippen LogP contribution in [-0.4, -0.2) is 24.7 Å². The molecule has 1 amide bonds. The molecule has 2 aliphatic rings. The number of rotatable bonds is 3. The van der Waals surface area contributed by atoms with E-state index in [0.717, 1.165) is 44.3 Å². The summed E-state index contributed by atoms with van der Waals surface area (Å²) in [5.74, 6) is 0.939. The van der Waals surface area contributed by atoms with Gasteiger partial charge < -0.3 is 11.1 Å². The van der Waals surface area contributed by atoms with E-state index < -0.39 is 0 Å². The van der Waals surface area contributed by atoms with Gasteiger partial charge in [0.25, 0.3) is 0 Å². The number of dihydropyridines is 1. The van der Waals surface area contributed by atoms with Crippen LogP contribution < -0.4 is 11.1 Å². The Hall–Kier alpha value is -1.16. The zero-order chi connectivity index (χ0) is 13.0. The minimum atomic E-state index is 0.166. The number of hydrogen-bond donors (Lipinski definition) is 2. The second-order valence-electron chi connectivity index (χ2n) is 5.46. The highest BCUT2D eigenvalue weighted by molar-refractivity contribution is 5.82. The van der Waals surface area contributed by atoms with Crippen LogP contribution in [-0.2, 0) is 4.79 Å². The zero-order valence-electron chi connectivity index (χ0n) is 11.1. The van der Waals surface area contributed by atoms with Crippen molar-refractivity contribution in [2.45, 2.75) is 45.1 Å². The first kappa shape index (κ1) is 13.3. The molecule has 0 saturated heterocycles. The van der Waals surface area contributed by atoms with Crippen molar-refractivity contribution in [1.82, 2.24) is 5.32 Å². The van der Waals surface area contributed by atoms with Crippen molar-refractivity contribution in [3.8, 4) is 0 Å². The maximum absolute atomic E-state index is 12.1. The molecule has 3 N–H and O–H groups in total. The lowest BCUT2D eigenvalue weighted by Crippen LogP contribution is -2.36. The SMILES string of the molecule is C[C@@H](N)[C@H]1CC[C@H](C(=O)NC2=CC=NCC2)CC1. The molecule has 0 radical (unpaired) electrons. The smallest absolute Gasteiger partial charge is 0.227 e. The summed E-state index contributed by atoms with van der Waals surface area (Å²) < 4.78 is 0. The summed E-state index contributed by atoms with van der Waals surface area (Å²) in [4.78, 5) is 16.2. The van der Waals surface area contributed by atoms with E-state index in [0.29, 0.717) is 5.92 Å². The van der Waals surface area contributed by atoms with Gasteiger partial charge >= 0.3 is 0 Å². The summed E-state index contributed by atoms with van der Waals surface area (Å²) >= 11 is 0. The molecular weight excluding hydrogens is 226 g/mol. The Morgan fingerprint density at radius 1 is 1.44 bits per heavy atom. The van der Waals surface area contributed by atoms with Gasteiger partial charge in [0, 0.05) is 36.8 Å². The van der Waals surface area contributed by atoms with E-state index in [1.807, 2.05) is 6.08 Å². The van der Waals surface area contributed by atoms with Gasteiger partial charge in [-0.1, -0.05) is 0 Å². The molecule has 0 bridgehead atoms. The van der Waals surface area contributed by atoms with Gasteiger partial charge in [-0.05, 0) is 44.6 Å². The molecule has 1 aliphatic heterocycles. The Bertz CT molecular complexity index is 352. The highest BCUT2D eigenvalue weighted by atomic mass is 16.1. The van der Waals surface area contributed by atoms with E-state index in [1.165, 1.54) is 0 Å². The van der Waals surface area contributed by atoms with E-state index in [-0.39, 0.29) is 17.9 Å². The molecule has 18 heavy (non-hydrogen) atoms. The molecule has 1 saturated carbocycles. The number of carbonyl (C=O) groups is 1. The van der Waals surface area contributed by atoms with Gasteiger partial charge in [-0.15, -0.1) is 0 Å². The van der Waals surface area contributed by atoms with Crippen molar-refractivity contribution in [2.75, 3.05) is 6.54 Å². The molecule has 1 aliphatic carbocycles. The maximum atomic E-state index is 12.1. The lowest BCUT2D eigenvalue weighted by Gasteiger charge is -2.30. The van der Waals surface area contributed by atoms with E-state index in [9.17, 15) is 4.79 Å². The summed E-state index contributed by atoms with van der Waals surface area (Å²) in [6.45, 7) is 2.85. The first-order chi connectivity index (χ1) is 8.66. The Kier molecular flexibility index (Phi) is 4.53. The fourth-order valence-corrected chi connectivity index (χ4v) is 2.76. The van der Waals surface area contributed by atoms with Crippen molar-refractivity contribution in [3.05, 3.63) is 11.8 Å². The Labute approximate surface area is 109 Å². The molecule has 4 nitrogen and oxygen atoms in total. The average Bonchev–Trinajstić information content (AvgIpc) is 2.40. The van der Waals surface area contributed by atoms with Crippen molar-refractivity contribution >= 4 is 12.1 Å². The highest BCUT2D eigenvalue weighted by Gasteiger charge is 2.28. The first-order valence-corrected chi connectivity index (χ1v) is 6.92. The minimum Gasteiger partial charge on any atom is -0.329 e. The van der Waals surface area contributed by atoms with Crippen LogP contribution in [0.5, 0.6) is 0 Å². The molecule has 2 rings (SSSR count). The van der Waals surface area contributed by atoms with Gasteiger partial charge in [0.05, 0.1) is 0 Å². The summed E-state index contributed by atoms with van der Waals surface area (Å²) in [6.07, 6.45) is 8.61. The molecule has 0 unspecified atom stereocenters. The number of nitrogens with two attached hydrogens (primary N) is 1. The molecule has 4 heteroatoms. The van der Waals surface area contributed by atoms with Crippen molar-refractivity contribution in [3.63, 3.8) is 0 Å². The number of aliphatic imine (C=N–C) groups is 1. The third-order valence-corrected chi connectivity index (χ3v) is 4.06. The largest absolute Gasteiger partial charge is 0.329 e. The van der Waals surface area contributed by atoms with Crippen LogP contribution in [0.4, 0.5) is 0 Å². The van der Waals surface area contributed by atoms with Crippen LogP contribution in [0.1, 0.15) is 39.0 Å². The number of hydrogen-bond acceptors (Lipinski definition) is 3. The number of carbonyl (C=O) groups excluding carboxylic acids is 1. The van der Waals surface area contributed by atoms with Crippen molar-refractivity contribution < 1.29 is 4.79 Å². The highest BCUT2D eigenvalue weighted by Crippen LogP contribution is 2.30. The number of nitrogens with one attached hydrogen (secondary N) is 1. The van der Waals surface area contributed by atoms with Gasteiger partial charge in [-0.25, -0.2) is 0 Å². The lowest BCUT2D eigenvalue weighted by atomic mass is 9.79. The monoisotopic (exact) mass is 249 g/mol. The zero-order valence-corrected chi connectivity index (χ0v) is 11.1. The average molecular weight is 249 g/mol. The fourth-order valence-electron chi connectivity index (χ4n) is 2.76. The van der Waals surface area contributed by atoms with E-state index in [4.69, 9.17) is 5.73 Å². The summed E-state index contributed by atoms with van der Waals surface area (Å²) in [6, 6.07) is 0.256. The van der Waals surface area contributed by atoms with Crippen LogP contribution in [0, 0.1) is 11.8 Å². The molecule has 0 spiro atoms. The van der Waals surface area contributed by atoms with Gasteiger partial charge in [-0.2, -0.15) is 0 Å². The third kappa shape index (κ3) is 3.42. The number of nitrogens with zero attached hydrogens (tertiary/aromatic N) is 1. The van der Waals surface area contributed by atoms with Crippen LogP contribution >= 0.6 is 0 Å². The Morgan fingerprint density at radius 2 is 2.17 bits per heavy atom. The third-order valence-electron chi connectivity index (χ3n) is 4.06. The molecule has 1 atom stereocenters. The fraction of sp³-hybridized carbons (Fsp3) is 0.714. The topological polar surface area (TPSA) is 67.5 Å². The molecular formula is C14H23N3O. The Morgan fingerprint density at radius 3 is 2.72 bits per heavy atom. The van der Waals surface area contributed by atoms with Gasteiger partial charge in [0.15, 0.2) is 0 Å². The maximum Gasteiger partial charge on any atom is 0.227 e. The second kappa shape index (κ2) is 6.14. The summed E-state index contributed by atoms with van der Waals surface area (Å²) in [5.41, 5.74) is 6.92. The van der Waals surface area contributed by atoms with E-state index in [1.54, 1.807) is 6.21 Å². The molecule has 0 aromatic rings. The van der Waals surface area contributed by atoms with Crippen LogP contribution in [0.2, 0.25) is 0 Å². The molecule has 1 fully saturated rings. The quantitative estimate of drug-likeness (QED) is 0.798. The van der Waals surface area contributed by atoms with Crippen molar-refractivity contribution in [1.29, 1.82) is 0 Å². The van der Waals surface area contributed by atoms with Crippen LogP contribution in [0.25, 0.3) is 0 Å². The molecule has 1 heterocycles. The number of allylic oxidation sites excluding steroid dienone is 1. The molecule has 0 aromatic heterocycles. The second-order valence-corrected chi connectivity index (χ2v) is 5.46. The Balaban J connectivity index is 1.80. The van der Waals surface area contributed by atoms with Crippen LogP contribution in [0.3, 0.4) is 0 Å². The normalized spacial score (nSPS) is 29.6. The summed E-state index contributed by atoms with van der Waals surface area (Å²) in [5, 5.41) is 3.03. The predicted octanol–water partition coefficient (Wildman–Crippen LogP) is 1.61. The summed E-state index contributed by atoms with van der Waals surface area (Å²) in [7, 11) is 0. The lowest BCUT2D eigenvalue weighted by molar-refractivity contribution is -0.125. The van der Waals surface area contributed by atoms with Crippen LogP contribution in [0.15, 0.2) is 16.8 Å². The minimum absolute atomic E-state index is 0.166. The van der Waals surface area contributed by atoms with Gasteiger partial charge in [0.1, 0.15) is 0 Å². The first-order valence-electron chi connectivity index (χ1n) is 6.92. The van der Waals surface area contributed by atoms with Gasteiger partial charge in [0.2, 0.25) is 5.91 Å². The standard InChI is InChI=1S/C14H23N3O/c1-10(15)11-2-4-12(5-3-11)14(18)17-13-6-8-16-9-7-13/h6,8,10-12H,2-5,7,9,15H2,1H3,(H,17,18)/t10-,11-,12-/m1/s1. The number of amides is 1. The van der Waals surface area contributed by atoms with E-state index in [2.05, 4.69) is 17.2 Å². The molecule has 100 valence electrons. The molecule has 0 aromatic carbocycles. The van der Waals surface area contributed by atoms with Crippen molar-refractivity contribution in [2.24, 2.45) is 22.6 Å². The van der Waals surface area contributed by atoms with Gasteiger partial charge in [-0.3, -0.25) is 9.79 Å².